The smallest absolute Gasteiger partial charge is 0.328 e. The van der Waals surface area contributed by atoms with Crippen LogP contribution >= 0.6 is 23.2 Å². The molecule has 2 nitrogen and oxygen atoms in total. The Morgan fingerprint density at radius 1 is 1.25 bits per heavy atom. The highest BCUT2D eigenvalue weighted by Crippen LogP contribution is 2.25. The fourth-order valence-electron chi connectivity index (χ4n) is 2.11. The molecule has 0 radical (unpaired) electrons. The zero-order valence-corrected chi connectivity index (χ0v) is 12.1. The van der Waals surface area contributed by atoms with Crippen molar-refractivity contribution in [3.63, 3.8) is 0 Å². The van der Waals surface area contributed by atoms with Crippen LogP contribution in [0.25, 0.3) is 11.0 Å². The van der Waals surface area contributed by atoms with Gasteiger partial charge in [0.05, 0.1) is 11.0 Å². The summed E-state index contributed by atoms with van der Waals surface area (Å²) in [4.78, 5) is 4.40. The third-order valence-corrected chi connectivity index (χ3v) is 3.37. The van der Waals surface area contributed by atoms with E-state index in [9.17, 15) is 13.2 Å². The first-order valence-electron chi connectivity index (χ1n) is 6.18. The normalized spacial score (nSPS) is 12.2. The van der Waals surface area contributed by atoms with E-state index in [1.807, 2.05) is 0 Å². The number of aromatic nitrogens is 2. The summed E-state index contributed by atoms with van der Waals surface area (Å²) in [5.74, 6) is 1.07. The molecule has 0 fully saturated rings. The number of alkyl halides is 4. The molecule has 0 spiro atoms. The van der Waals surface area contributed by atoms with Gasteiger partial charge in [-0.2, -0.15) is 13.2 Å². The van der Waals surface area contributed by atoms with Crippen molar-refractivity contribution in [2.75, 3.05) is 5.88 Å². The van der Waals surface area contributed by atoms with Crippen LogP contribution in [0.2, 0.25) is 5.02 Å². The maximum atomic E-state index is 12.2. The van der Waals surface area contributed by atoms with E-state index in [2.05, 4.69) is 4.98 Å². The number of imidazole rings is 1. The molecule has 7 heteroatoms. The number of rotatable bonds is 5. The highest BCUT2D eigenvalue weighted by atomic mass is 35.5. The zero-order chi connectivity index (χ0) is 14.8. The maximum absolute atomic E-state index is 12.2. The standard InChI is InChI=1S/C13H13Cl2F3N2/c14-6-4-12-19-10-3-2-9(15)8-11(10)20(12)7-1-5-13(16,17)18/h2-3,8H,1,4-7H2. The van der Waals surface area contributed by atoms with Crippen LogP contribution in [0.5, 0.6) is 0 Å². The summed E-state index contributed by atoms with van der Waals surface area (Å²) in [6.07, 6.45) is -4.43. The molecule has 1 aromatic heterocycles. The summed E-state index contributed by atoms with van der Waals surface area (Å²) in [5.41, 5.74) is 1.47. The van der Waals surface area contributed by atoms with Crippen molar-refractivity contribution in [2.24, 2.45) is 0 Å². The monoisotopic (exact) mass is 324 g/mol. The van der Waals surface area contributed by atoms with Gasteiger partial charge in [0.2, 0.25) is 0 Å². The molecular formula is C13H13Cl2F3N2. The van der Waals surface area contributed by atoms with E-state index in [4.69, 9.17) is 23.2 Å². The predicted molar refractivity (Wildman–Crippen MR) is 74.5 cm³/mol. The quantitative estimate of drug-likeness (QED) is 0.721. The SMILES string of the molecule is FC(F)(F)CCCn1c(CCCl)nc2ccc(Cl)cc21. The Labute approximate surface area is 124 Å². The molecular weight excluding hydrogens is 312 g/mol. The summed E-state index contributed by atoms with van der Waals surface area (Å²) in [5, 5.41) is 0.534. The van der Waals surface area contributed by atoms with Gasteiger partial charge in [0.25, 0.3) is 0 Å². The summed E-state index contributed by atoms with van der Waals surface area (Å²) in [6.45, 7) is 0.253. The molecule has 2 aromatic rings. The molecule has 0 unspecified atom stereocenters. The van der Waals surface area contributed by atoms with E-state index in [0.29, 0.717) is 23.1 Å². The molecule has 1 aromatic carbocycles. The number of fused-ring (bicyclic) bond motifs is 1. The molecule has 0 atom stereocenters. The Balaban J connectivity index is 2.28. The number of benzene rings is 1. The number of nitrogens with zero attached hydrogens (tertiary/aromatic N) is 2. The van der Waals surface area contributed by atoms with Crippen molar-refractivity contribution in [3.8, 4) is 0 Å². The number of halogens is 5. The van der Waals surface area contributed by atoms with Crippen LogP contribution in [0, 0.1) is 0 Å². The van der Waals surface area contributed by atoms with E-state index in [-0.39, 0.29) is 13.0 Å². The van der Waals surface area contributed by atoms with Crippen LogP contribution in [0.15, 0.2) is 18.2 Å². The van der Waals surface area contributed by atoms with Crippen LogP contribution in [0.3, 0.4) is 0 Å². The lowest BCUT2D eigenvalue weighted by atomic mass is 10.2. The van der Waals surface area contributed by atoms with Crippen molar-refractivity contribution >= 4 is 34.2 Å². The largest absolute Gasteiger partial charge is 0.389 e. The van der Waals surface area contributed by atoms with Crippen LogP contribution in [-0.4, -0.2) is 21.6 Å². The Bertz CT molecular complexity index is 593. The number of hydrogen-bond acceptors (Lipinski definition) is 1. The molecule has 1 heterocycles. The predicted octanol–water partition coefficient (Wildman–Crippen LogP) is 4.81. The van der Waals surface area contributed by atoms with Crippen molar-refractivity contribution in [2.45, 2.75) is 32.0 Å². The van der Waals surface area contributed by atoms with E-state index in [0.717, 1.165) is 11.0 Å². The minimum absolute atomic E-state index is 0.0107. The van der Waals surface area contributed by atoms with E-state index >= 15 is 0 Å². The van der Waals surface area contributed by atoms with Gasteiger partial charge < -0.3 is 4.57 Å². The van der Waals surface area contributed by atoms with Crippen LogP contribution < -0.4 is 0 Å². The van der Waals surface area contributed by atoms with Gasteiger partial charge in [-0.1, -0.05) is 11.6 Å². The molecule has 0 aliphatic carbocycles. The van der Waals surface area contributed by atoms with E-state index in [1.165, 1.54) is 0 Å². The van der Waals surface area contributed by atoms with Gasteiger partial charge in [0, 0.05) is 30.3 Å². The molecule has 110 valence electrons. The van der Waals surface area contributed by atoms with Gasteiger partial charge in [0.1, 0.15) is 5.82 Å². The Kier molecular flexibility index (Phi) is 4.81. The lowest BCUT2D eigenvalue weighted by molar-refractivity contribution is -0.135. The third-order valence-electron chi connectivity index (χ3n) is 2.95. The highest BCUT2D eigenvalue weighted by molar-refractivity contribution is 6.31. The van der Waals surface area contributed by atoms with Gasteiger partial charge in [-0.15, -0.1) is 11.6 Å². The molecule has 0 N–H and O–H groups in total. The Morgan fingerprint density at radius 3 is 2.65 bits per heavy atom. The molecule has 0 saturated heterocycles. The topological polar surface area (TPSA) is 17.8 Å². The summed E-state index contributed by atoms with van der Waals surface area (Å²) < 4.78 is 38.5. The van der Waals surface area contributed by atoms with E-state index < -0.39 is 12.6 Å². The zero-order valence-electron chi connectivity index (χ0n) is 10.6. The number of hydrogen-bond donors (Lipinski definition) is 0. The number of aryl methyl sites for hydroxylation is 2. The van der Waals surface area contributed by atoms with Gasteiger partial charge in [0.15, 0.2) is 0 Å². The van der Waals surface area contributed by atoms with Gasteiger partial charge in [-0.3, -0.25) is 0 Å². The lowest BCUT2D eigenvalue weighted by Crippen LogP contribution is -2.11. The van der Waals surface area contributed by atoms with Crippen molar-refractivity contribution in [1.29, 1.82) is 0 Å². The molecule has 0 amide bonds. The molecule has 20 heavy (non-hydrogen) atoms. The highest BCUT2D eigenvalue weighted by Gasteiger charge is 2.26. The fourth-order valence-corrected chi connectivity index (χ4v) is 2.44. The fraction of sp³-hybridized carbons (Fsp3) is 0.462. The van der Waals surface area contributed by atoms with Crippen LogP contribution in [0.4, 0.5) is 13.2 Å². The summed E-state index contributed by atoms with van der Waals surface area (Å²) >= 11 is 11.7. The van der Waals surface area contributed by atoms with Gasteiger partial charge in [-0.25, -0.2) is 4.98 Å². The minimum atomic E-state index is -4.14. The second-order valence-corrected chi connectivity index (χ2v) is 5.28. The van der Waals surface area contributed by atoms with Crippen molar-refractivity contribution in [1.82, 2.24) is 9.55 Å². The third kappa shape index (κ3) is 3.79. The van der Waals surface area contributed by atoms with Gasteiger partial charge in [-0.05, 0) is 24.6 Å². The first-order valence-corrected chi connectivity index (χ1v) is 7.09. The molecule has 0 aliphatic heterocycles. The van der Waals surface area contributed by atoms with Crippen LogP contribution in [-0.2, 0) is 13.0 Å². The lowest BCUT2D eigenvalue weighted by Gasteiger charge is -2.10. The molecule has 0 saturated carbocycles. The van der Waals surface area contributed by atoms with E-state index in [1.54, 1.807) is 22.8 Å². The van der Waals surface area contributed by atoms with Crippen molar-refractivity contribution in [3.05, 3.63) is 29.0 Å². The molecule has 0 bridgehead atoms. The Hall–Kier alpha value is -0.940. The average Bonchev–Trinajstić information content (AvgIpc) is 2.66. The molecule has 0 aliphatic rings. The van der Waals surface area contributed by atoms with Crippen LogP contribution in [0.1, 0.15) is 18.7 Å². The second kappa shape index (κ2) is 6.22. The summed E-state index contributed by atoms with van der Waals surface area (Å²) in [6, 6.07) is 5.19. The average molecular weight is 325 g/mol. The minimum Gasteiger partial charge on any atom is -0.328 e. The summed E-state index contributed by atoms with van der Waals surface area (Å²) in [7, 11) is 0. The maximum Gasteiger partial charge on any atom is 0.389 e. The van der Waals surface area contributed by atoms with Gasteiger partial charge >= 0.3 is 6.18 Å². The first kappa shape index (κ1) is 15.4. The van der Waals surface area contributed by atoms with Crippen molar-refractivity contribution < 1.29 is 13.2 Å². The Morgan fingerprint density at radius 2 is 2.00 bits per heavy atom. The second-order valence-electron chi connectivity index (χ2n) is 4.47. The molecule has 2 rings (SSSR count). The first-order chi connectivity index (χ1) is 9.40.